The third-order valence-electron chi connectivity index (χ3n) is 2.42. The molecule has 10 heteroatoms. The first-order chi connectivity index (χ1) is 10.2. The Morgan fingerprint density at radius 1 is 1.67 bits per heavy atom. The van der Waals surface area contributed by atoms with Crippen molar-refractivity contribution >= 4 is 23.5 Å². The summed E-state index contributed by atoms with van der Waals surface area (Å²) in [6, 6.07) is 0. The second-order valence-corrected chi connectivity index (χ2v) is 4.97. The molecule has 1 amide bonds. The van der Waals surface area contributed by atoms with E-state index in [0.29, 0.717) is 12.4 Å². The number of H-pyrrole nitrogens is 1. The number of nitrogens with zero attached hydrogens (tertiary/aromatic N) is 3. The highest BCUT2D eigenvalue weighted by Gasteiger charge is 2.07. The van der Waals surface area contributed by atoms with Gasteiger partial charge in [0.1, 0.15) is 5.84 Å². The molecule has 114 valence electrons. The van der Waals surface area contributed by atoms with Gasteiger partial charge in [-0.15, -0.1) is 0 Å². The molecular formula is C11H18N8OS. The van der Waals surface area contributed by atoms with Crippen molar-refractivity contribution in [2.24, 2.45) is 10.8 Å². The number of hydrogen-bond acceptors (Lipinski definition) is 7. The molecular weight excluding hydrogens is 292 g/mol. The highest BCUT2D eigenvalue weighted by molar-refractivity contribution is 7.98. The Bertz CT molecular complexity index is 521. The van der Waals surface area contributed by atoms with Gasteiger partial charge < -0.3 is 10.3 Å². The molecule has 0 radical (unpaired) electrons. The summed E-state index contributed by atoms with van der Waals surface area (Å²) in [5, 5.41) is 14.1. The highest BCUT2D eigenvalue weighted by Crippen LogP contribution is 2.09. The number of hydrogen-bond donors (Lipinski definition) is 5. The molecule has 0 atom stereocenters. The topological polar surface area (TPSA) is 144 Å². The van der Waals surface area contributed by atoms with Crippen molar-refractivity contribution in [2.45, 2.75) is 5.75 Å². The van der Waals surface area contributed by atoms with Crippen LogP contribution >= 0.6 is 11.8 Å². The van der Waals surface area contributed by atoms with E-state index in [0.717, 1.165) is 23.7 Å². The number of carbonyl (C=O) groups excluding carboxylic acids is 1. The lowest BCUT2D eigenvalue weighted by atomic mass is 10.5. The molecule has 1 rings (SSSR count). The third kappa shape index (κ3) is 6.26. The lowest BCUT2D eigenvalue weighted by molar-refractivity contribution is 0.0944. The molecule has 9 nitrogen and oxygen atoms in total. The lowest BCUT2D eigenvalue weighted by Crippen LogP contribution is -2.32. The summed E-state index contributed by atoms with van der Waals surface area (Å²) in [5.41, 5.74) is 2.88. The SMILES string of the molecule is CN=C(CNCCSCc1cnc(C(=O)NN)[nH]1)NC#N. The number of amidine groups is 1. The van der Waals surface area contributed by atoms with Crippen LogP contribution in [0, 0.1) is 11.5 Å². The normalized spacial score (nSPS) is 11.0. The number of thioether (sulfide) groups is 1. The summed E-state index contributed by atoms with van der Waals surface area (Å²) >= 11 is 1.69. The zero-order valence-electron chi connectivity index (χ0n) is 11.6. The van der Waals surface area contributed by atoms with Gasteiger partial charge in [0.25, 0.3) is 0 Å². The van der Waals surface area contributed by atoms with Gasteiger partial charge in [-0.3, -0.25) is 20.5 Å². The summed E-state index contributed by atoms with van der Waals surface area (Å²) in [5.74, 6) is 6.98. The van der Waals surface area contributed by atoms with E-state index in [1.54, 1.807) is 25.0 Å². The predicted molar refractivity (Wildman–Crippen MR) is 81.4 cm³/mol. The van der Waals surface area contributed by atoms with Crippen molar-refractivity contribution in [1.29, 1.82) is 5.26 Å². The molecule has 21 heavy (non-hydrogen) atoms. The van der Waals surface area contributed by atoms with Crippen molar-refractivity contribution in [3.05, 3.63) is 17.7 Å². The molecule has 6 N–H and O–H groups in total. The van der Waals surface area contributed by atoms with Crippen molar-refractivity contribution in [3.63, 3.8) is 0 Å². The minimum atomic E-state index is -0.440. The first-order valence-electron chi connectivity index (χ1n) is 6.15. The van der Waals surface area contributed by atoms with E-state index in [1.807, 2.05) is 11.6 Å². The molecule has 0 saturated heterocycles. The van der Waals surface area contributed by atoms with Gasteiger partial charge in [0.05, 0.1) is 6.54 Å². The molecule has 0 fully saturated rings. The molecule has 1 heterocycles. The van der Waals surface area contributed by atoms with Crippen LogP contribution < -0.4 is 21.9 Å². The number of hydrazine groups is 1. The van der Waals surface area contributed by atoms with Crippen LogP contribution in [0.1, 0.15) is 16.3 Å². The molecule has 0 aliphatic heterocycles. The van der Waals surface area contributed by atoms with Crippen LogP contribution in [0.3, 0.4) is 0 Å². The number of imidazole rings is 1. The van der Waals surface area contributed by atoms with Gasteiger partial charge in [-0.1, -0.05) is 0 Å². The highest BCUT2D eigenvalue weighted by atomic mass is 32.2. The summed E-state index contributed by atoms with van der Waals surface area (Å²) in [7, 11) is 1.63. The Hall–Kier alpha value is -2.09. The molecule has 0 aliphatic rings. The number of amides is 1. The van der Waals surface area contributed by atoms with Gasteiger partial charge >= 0.3 is 5.91 Å². The minimum absolute atomic E-state index is 0.206. The second kappa shape index (κ2) is 9.76. The molecule has 0 aliphatic carbocycles. The van der Waals surface area contributed by atoms with E-state index in [-0.39, 0.29) is 5.82 Å². The smallest absolute Gasteiger partial charge is 0.300 e. The van der Waals surface area contributed by atoms with Crippen LogP contribution in [0.2, 0.25) is 0 Å². The molecule has 1 aromatic rings. The van der Waals surface area contributed by atoms with E-state index in [2.05, 4.69) is 25.6 Å². The Morgan fingerprint density at radius 3 is 3.14 bits per heavy atom. The van der Waals surface area contributed by atoms with Crippen LogP contribution in [-0.4, -0.2) is 47.6 Å². The summed E-state index contributed by atoms with van der Waals surface area (Å²) < 4.78 is 0. The fourth-order valence-electron chi connectivity index (χ4n) is 1.39. The van der Waals surface area contributed by atoms with Gasteiger partial charge in [-0.05, 0) is 0 Å². The van der Waals surface area contributed by atoms with E-state index in [1.165, 1.54) is 0 Å². The average Bonchev–Trinajstić information content (AvgIpc) is 2.97. The van der Waals surface area contributed by atoms with E-state index in [4.69, 9.17) is 11.1 Å². The van der Waals surface area contributed by atoms with Crippen LogP contribution in [0.25, 0.3) is 0 Å². The monoisotopic (exact) mass is 310 g/mol. The van der Waals surface area contributed by atoms with Crippen molar-refractivity contribution in [2.75, 3.05) is 25.9 Å². The number of rotatable bonds is 8. The van der Waals surface area contributed by atoms with Crippen molar-refractivity contribution < 1.29 is 4.79 Å². The zero-order valence-corrected chi connectivity index (χ0v) is 12.5. The molecule has 0 aromatic carbocycles. The van der Waals surface area contributed by atoms with Crippen LogP contribution in [-0.2, 0) is 5.75 Å². The van der Waals surface area contributed by atoms with Gasteiger partial charge in [0.2, 0.25) is 0 Å². The zero-order chi connectivity index (χ0) is 15.5. The second-order valence-electron chi connectivity index (χ2n) is 3.87. The number of aromatic amines is 1. The Labute approximate surface area is 126 Å². The van der Waals surface area contributed by atoms with Gasteiger partial charge in [0, 0.05) is 37.0 Å². The first kappa shape index (κ1) is 17.0. The van der Waals surface area contributed by atoms with Gasteiger partial charge in [-0.25, -0.2) is 10.8 Å². The fraction of sp³-hybridized carbons (Fsp3) is 0.455. The van der Waals surface area contributed by atoms with E-state index in [9.17, 15) is 4.79 Å². The van der Waals surface area contributed by atoms with Crippen LogP contribution in [0.4, 0.5) is 0 Å². The summed E-state index contributed by atoms with van der Waals surface area (Å²) in [6.07, 6.45) is 3.44. The number of aliphatic imine (C=N–C) groups is 1. The third-order valence-corrected chi connectivity index (χ3v) is 3.43. The first-order valence-corrected chi connectivity index (χ1v) is 7.30. The number of nitrogen functional groups attached to an aromatic ring is 1. The van der Waals surface area contributed by atoms with Gasteiger partial charge in [-0.2, -0.15) is 17.0 Å². The quantitative estimate of drug-likeness (QED) is 0.0601. The Morgan fingerprint density at radius 2 is 2.48 bits per heavy atom. The number of nitrogens with two attached hydrogens (primary N) is 1. The Kier molecular flexibility index (Phi) is 7.88. The van der Waals surface area contributed by atoms with Gasteiger partial charge in [0.15, 0.2) is 12.0 Å². The molecule has 0 saturated carbocycles. The largest absolute Gasteiger partial charge is 0.337 e. The maximum Gasteiger partial charge on any atom is 0.300 e. The predicted octanol–water partition coefficient (Wildman–Crippen LogP) is -1.07. The fourth-order valence-corrected chi connectivity index (χ4v) is 2.19. The lowest BCUT2D eigenvalue weighted by Gasteiger charge is -2.05. The van der Waals surface area contributed by atoms with Crippen molar-refractivity contribution in [3.8, 4) is 6.19 Å². The standard InChI is InChI=1S/C11H18N8OS/c1-14-9(17-7-12)5-15-2-3-21-6-8-4-16-10(18-8)11(20)19-13/h4,15H,2-3,5-6,13H2,1H3,(H,14,17)(H,16,18)(H,19,20). The Balaban J connectivity index is 2.16. The summed E-state index contributed by atoms with van der Waals surface area (Å²) in [4.78, 5) is 21.9. The molecule has 1 aromatic heterocycles. The maximum absolute atomic E-state index is 11.2. The molecule has 0 bridgehead atoms. The number of nitrogens with one attached hydrogen (secondary N) is 4. The average molecular weight is 310 g/mol. The van der Waals surface area contributed by atoms with E-state index >= 15 is 0 Å². The van der Waals surface area contributed by atoms with Crippen LogP contribution in [0.5, 0.6) is 0 Å². The molecule has 0 unspecified atom stereocenters. The number of aromatic nitrogens is 2. The van der Waals surface area contributed by atoms with E-state index < -0.39 is 5.91 Å². The van der Waals surface area contributed by atoms with Crippen LogP contribution in [0.15, 0.2) is 11.2 Å². The summed E-state index contributed by atoms with van der Waals surface area (Å²) in [6.45, 7) is 1.30. The molecule has 0 spiro atoms. The minimum Gasteiger partial charge on any atom is -0.337 e. The van der Waals surface area contributed by atoms with Crippen molar-refractivity contribution in [1.82, 2.24) is 26.0 Å². The number of nitriles is 1. The maximum atomic E-state index is 11.2. The number of carbonyl (C=O) groups is 1.